The summed E-state index contributed by atoms with van der Waals surface area (Å²) in [5.41, 5.74) is -0.319. The van der Waals surface area contributed by atoms with Crippen LogP contribution in [0.3, 0.4) is 0 Å². The summed E-state index contributed by atoms with van der Waals surface area (Å²) in [5, 5.41) is 33.4. The molecule has 5 nitrogen and oxygen atoms in total. The van der Waals surface area contributed by atoms with Crippen LogP contribution in [0.2, 0.25) is 0 Å². The minimum atomic E-state index is -0.914. The van der Waals surface area contributed by atoms with E-state index in [1.54, 1.807) is 0 Å². The second-order valence-electron chi connectivity index (χ2n) is 14.4. The van der Waals surface area contributed by atoms with Gasteiger partial charge in [0.1, 0.15) is 5.78 Å². The van der Waals surface area contributed by atoms with E-state index in [1.807, 2.05) is 20.8 Å². The summed E-state index contributed by atoms with van der Waals surface area (Å²) in [6.07, 6.45) is 5.55. The van der Waals surface area contributed by atoms with Gasteiger partial charge in [-0.1, -0.05) is 57.9 Å². The average Bonchev–Trinajstić information content (AvgIpc) is 2.93. The fourth-order valence-electron chi connectivity index (χ4n) is 10.0. The number of fused-ring (bicyclic) bond motifs is 7. The summed E-state index contributed by atoms with van der Waals surface area (Å²) < 4.78 is 6.66. The Balaban J connectivity index is 1.60. The molecule has 4 fully saturated rings. The molecule has 3 saturated carbocycles. The van der Waals surface area contributed by atoms with Gasteiger partial charge >= 0.3 is 0 Å². The van der Waals surface area contributed by atoms with Crippen molar-refractivity contribution in [2.75, 3.05) is 0 Å². The van der Waals surface area contributed by atoms with Crippen LogP contribution in [0.1, 0.15) is 87.5 Å². The molecule has 0 bridgehead atoms. The lowest BCUT2D eigenvalue weighted by atomic mass is 9.38. The second kappa shape index (κ2) is 7.52. The van der Waals surface area contributed by atoms with E-state index in [-0.39, 0.29) is 46.6 Å². The van der Waals surface area contributed by atoms with E-state index in [2.05, 4.69) is 46.8 Å². The van der Waals surface area contributed by atoms with Crippen molar-refractivity contribution >= 4 is 5.78 Å². The van der Waals surface area contributed by atoms with Crippen molar-refractivity contribution in [1.29, 1.82) is 0 Å². The molecule has 11 atom stereocenters. The van der Waals surface area contributed by atoms with Crippen LogP contribution in [0.4, 0.5) is 0 Å². The van der Waals surface area contributed by atoms with Crippen molar-refractivity contribution in [3.05, 3.63) is 23.3 Å². The van der Waals surface area contributed by atoms with Crippen LogP contribution in [0.5, 0.6) is 0 Å². The van der Waals surface area contributed by atoms with Crippen molar-refractivity contribution in [3.8, 4) is 0 Å². The van der Waals surface area contributed by atoms with Gasteiger partial charge < -0.3 is 20.1 Å². The molecule has 196 valence electrons. The summed E-state index contributed by atoms with van der Waals surface area (Å²) in [6.45, 7) is 16.8. The lowest BCUT2D eigenvalue weighted by Crippen LogP contribution is -2.65. The number of hydrogen-bond donors (Lipinski definition) is 3. The molecule has 1 saturated heterocycles. The highest BCUT2D eigenvalue weighted by atomic mass is 16.5. The standard InChI is InChI=1S/C30H46O5/c1-16(2)11-17-13-29(7,34)24-21(35-17)14-27(5)22-10-9-18-19(12-20(31)25(33)26(18,3)4)30(22,8)23(32)15-28(24,27)6/h9,11,17,19-22,24-25,31,33-34H,10,12-15H2,1-8H3/t17-,19+,20-,21+,22-,24-,25-,27-,28+,29-,30-/m0/s1. The first-order valence-electron chi connectivity index (χ1n) is 13.6. The fraction of sp³-hybridized carbons (Fsp3) is 0.833. The van der Waals surface area contributed by atoms with Gasteiger partial charge in [0.2, 0.25) is 0 Å². The Morgan fingerprint density at radius 3 is 2.34 bits per heavy atom. The minimum Gasteiger partial charge on any atom is -0.390 e. The second-order valence-corrected chi connectivity index (χ2v) is 14.4. The largest absolute Gasteiger partial charge is 0.390 e. The van der Waals surface area contributed by atoms with Crippen LogP contribution in [0, 0.1) is 39.4 Å². The SMILES string of the molecule is CC(C)=C[C@H]1C[C@](C)(O)[C@H]2[C@@H](C[C@@]3(C)[C@@H]4CC=C5[C@@H](C[C@H](O)[C@H](O)C5(C)C)[C@]4(C)C(=O)C[C@]23C)O1. The zero-order valence-corrected chi connectivity index (χ0v) is 22.9. The van der Waals surface area contributed by atoms with Gasteiger partial charge in [0.15, 0.2) is 0 Å². The maximum Gasteiger partial charge on any atom is 0.140 e. The molecule has 1 heterocycles. The first kappa shape index (κ1) is 25.6. The highest BCUT2D eigenvalue weighted by Crippen LogP contribution is 2.75. The Morgan fingerprint density at radius 1 is 1.06 bits per heavy atom. The summed E-state index contributed by atoms with van der Waals surface area (Å²) in [6, 6.07) is 0. The summed E-state index contributed by atoms with van der Waals surface area (Å²) in [4.78, 5) is 14.3. The molecule has 5 rings (SSSR count). The summed E-state index contributed by atoms with van der Waals surface area (Å²) in [5.74, 6) is 0.169. The predicted octanol–water partition coefficient (Wildman–Crippen LogP) is 4.59. The number of aliphatic hydroxyl groups excluding tert-OH is 2. The Kier molecular flexibility index (Phi) is 5.51. The summed E-state index contributed by atoms with van der Waals surface area (Å²) >= 11 is 0. The Labute approximate surface area is 211 Å². The maximum absolute atomic E-state index is 14.3. The third kappa shape index (κ3) is 3.17. The van der Waals surface area contributed by atoms with E-state index in [4.69, 9.17) is 4.74 Å². The van der Waals surface area contributed by atoms with Crippen molar-refractivity contribution in [3.63, 3.8) is 0 Å². The van der Waals surface area contributed by atoms with Crippen LogP contribution in [0.15, 0.2) is 23.3 Å². The van der Waals surface area contributed by atoms with E-state index in [0.717, 1.165) is 18.4 Å². The van der Waals surface area contributed by atoms with Crippen LogP contribution in [-0.2, 0) is 9.53 Å². The van der Waals surface area contributed by atoms with Crippen molar-refractivity contribution in [2.24, 2.45) is 39.4 Å². The van der Waals surface area contributed by atoms with Gasteiger partial charge in [-0.25, -0.2) is 0 Å². The van der Waals surface area contributed by atoms with E-state index >= 15 is 0 Å². The van der Waals surface area contributed by atoms with Gasteiger partial charge in [-0.2, -0.15) is 0 Å². The number of ketones is 1. The Hall–Kier alpha value is -1.01. The molecular formula is C30H46O5. The molecule has 4 aliphatic carbocycles. The molecule has 5 heteroatoms. The fourth-order valence-corrected chi connectivity index (χ4v) is 10.0. The number of aliphatic hydroxyl groups is 3. The van der Waals surface area contributed by atoms with Crippen molar-refractivity contribution < 1.29 is 24.9 Å². The summed E-state index contributed by atoms with van der Waals surface area (Å²) in [7, 11) is 0. The molecule has 0 unspecified atom stereocenters. The lowest BCUT2D eigenvalue weighted by molar-refractivity contribution is -0.202. The molecule has 0 spiro atoms. The molecule has 0 amide bonds. The quantitative estimate of drug-likeness (QED) is 0.472. The lowest BCUT2D eigenvalue weighted by Gasteiger charge is -2.65. The molecule has 3 N–H and O–H groups in total. The van der Waals surface area contributed by atoms with Crippen LogP contribution in [0.25, 0.3) is 0 Å². The normalized spacial score (nSPS) is 54.7. The molecule has 5 aliphatic rings. The Bertz CT molecular complexity index is 989. The minimum absolute atomic E-state index is 0.0778. The topological polar surface area (TPSA) is 87.0 Å². The highest BCUT2D eigenvalue weighted by Gasteiger charge is 2.75. The van der Waals surface area contributed by atoms with Gasteiger partial charge in [-0.3, -0.25) is 4.79 Å². The van der Waals surface area contributed by atoms with Crippen LogP contribution < -0.4 is 0 Å². The molecule has 0 aromatic carbocycles. The van der Waals surface area contributed by atoms with E-state index < -0.39 is 28.6 Å². The molecule has 0 aromatic rings. The number of allylic oxidation sites excluding steroid dienone is 2. The van der Waals surface area contributed by atoms with Crippen molar-refractivity contribution in [1.82, 2.24) is 0 Å². The van der Waals surface area contributed by atoms with Gasteiger partial charge in [0.05, 0.1) is 30.0 Å². The van der Waals surface area contributed by atoms with Gasteiger partial charge in [0.25, 0.3) is 0 Å². The third-order valence-corrected chi connectivity index (χ3v) is 11.8. The first-order valence-corrected chi connectivity index (χ1v) is 13.6. The molecule has 0 radical (unpaired) electrons. The highest BCUT2D eigenvalue weighted by molar-refractivity contribution is 5.88. The van der Waals surface area contributed by atoms with Crippen LogP contribution >= 0.6 is 0 Å². The van der Waals surface area contributed by atoms with Crippen molar-refractivity contribution in [2.45, 2.75) is 118 Å². The van der Waals surface area contributed by atoms with E-state index in [1.165, 1.54) is 5.57 Å². The number of carbonyl (C=O) groups excluding carboxylic acids is 1. The van der Waals surface area contributed by atoms with Gasteiger partial charge in [0, 0.05) is 29.6 Å². The maximum atomic E-state index is 14.3. The van der Waals surface area contributed by atoms with Gasteiger partial charge in [-0.15, -0.1) is 0 Å². The zero-order chi connectivity index (χ0) is 25.9. The average molecular weight is 487 g/mol. The smallest absolute Gasteiger partial charge is 0.140 e. The van der Waals surface area contributed by atoms with Crippen LogP contribution in [-0.4, -0.2) is 51.1 Å². The van der Waals surface area contributed by atoms with E-state index in [0.29, 0.717) is 19.3 Å². The number of carbonyl (C=O) groups is 1. The molecule has 1 aliphatic heterocycles. The number of hydrogen-bond acceptors (Lipinski definition) is 5. The number of rotatable bonds is 1. The molecule has 0 aromatic heterocycles. The Morgan fingerprint density at radius 2 is 1.71 bits per heavy atom. The zero-order valence-electron chi connectivity index (χ0n) is 22.9. The predicted molar refractivity (Wildman–Crippen MR) is 135 cm³/mol. The van der Waals surface area contributed by atoms with Gasteiger partial charge in [-0.05, 0) is 62.7 Å². The van der Waals surface area contributed by atoms with E-state index in [9.17, 15) is 20.1 Å². The first-order chi connectivity index (χ1) is 16.0. The number of Topliss-reactive ketones (excluding diaryl/α,β-unsaturated/α-hetero) is 1. The molecular weight excluding hydrogens is 440 g/mol. The third-order valence-electron chi connectivity index (χ3n) is 11.8. The monoisotopic (exact) mass is 486 g/mol. The number of ether oxygens (including phenoxy) is 1. The molecule has 35 heavy (non-hydrogen) atoms.